The lowest BCUT2D eigenvalue weighted by molar-refractivity contribution is 0.199. The van der Waals surface area contributed by atoms with Crippen LogP contribution < -0.4 is 19.7 Å². The lowest BCUT2D eigenvalue weighted by Gasteiger charge is -2.38. The van der Waals surface area contributed by atoms with Crippen molar-refractivity contribution in [3.63, 3.8) is 0 Å². The molecule has 44 heavy (non-hydrogen) atoms. The predicted octanol–water partition coefficient (Wildman–Crippen LogP) is 5.83. The third kappa shape index (κ3) is 7.69. The zero-order chi connectivity index (χ0) is 31.3. The number of rotatable bonds is 9. The number of sulfone groups is 1. The van der Waals surface area contributed by atoms with Crippen molar-refractivity contribution in [1.29, 1.82) is 0 Å². The molecule has 0 spiro atoms. The van der Waals surface area contributed by atoms with Gasteiger partial charge in [0.1, 0.15) is 5.82 Å². The highest BCUT2D eigenvalue weighted by atomic mass is 32.2. The number of piperidine rings is 1. The van der Waals surface area contributed by atoms with E-state index >= 15 is 0 Å². The SMILES string of the molecule is COc1cc(S(C)(=O)=O)ccc1Oc1ccc(CN2CCC(N(C(=O)Nc3ccc(C)nc3)c3cccc(F)c3)CC2)cn1. The van der Waals surface area contributed by atoms with E-state index < -0.39 is 15.7 Å². The van der Waals surface area contributed by atoms with Gasteiger partial charge in [-0.2, -0.15) is 0 Å². The Bertz CT molecular complexity index is 1710. The summed E-state index contributed by atoms with van der Waals surface area (Å²) in [6.45, 7) is 4.00. The van der Waals surface area contributed by atoms with Gasteiger partial charge in [0.25, 0.3) is 0 Å². The molecule has 0 atom stereocenters. The van der Waals surface area contributed by atoms with Crippen LogP contribution in [0.5, 0.6) is 17.4 Å². The van der Waals surface area contributed by atoms with Crippen molar-refractivity contribution in [3.8, 4) is 17.4 Å². The number of aromatic nitrogens is 2. The van der Waals surface area contributed by atoms with Crippen LogP contribution in [0.4, 0.5) is 20.6 Å². The summed E-state index contributed by atoms with van der Waals surface area (Å²) in [5.74, 6) is 0.586. The van der Waals surface area contributed by atoms with E-state index in [1.807, 2.05) is 19.1 Å². The van der Waals surface area contributed by atoms with Gasteiger partial charge in [-0.25, -0.2) is 22.6 Å². The highest BCUT2D eigenvalue weighted by Gasteiger charge is 2.30. The molecule has 1 saturated heterocycles. The molecular weight excluding hydrogens is 585 g/mol. The van der Waals surface area contributed by atoms with Gasteiger partial charge in [0, 0.05) is 61.6 Å². The first kappa shape index (κ1) is 30.9. The van der Waals surface area contributed by atoms with Gasteiger partial charge < -0.3 is 14.8 Å². The lowest BCUT2D eigenvalue weighted by atomic mass is 10.0. The monoisotopic (exact) mass is 619 g/mol. The third-order valence-corrected chi connectivity index (χ3v) is 8.48. The third-order valence-electron chi connectivity index (χ3n) is 7.37. The van der Waals surface area contributed by atoms with E-state index in [1.165, 1.54) is 31.4 Å². The van der Waals surface area contributed by atoms with Gasteiger partial charge in [-0.15, -0.1) is 0 Å². The fourth-order valence-corrected chi connectivity index (χ4v) is 5.72. The molecule has 5 rings (SSSR count). The first-order chi connectivity index (χ1) is 21.1. The first-order valence-corrected chi connectivity index (χ1v) is 16.0. The molecule has 1 aliphatic rings. The number of hydrogen-bond acceptors (Lipinski definition) is 8. The smallest absolute Gasteiger partial charge is 0.326 e. The number of aryl methyl sites for hydroxylation is 1. The summed E-state index contributed by atoms with van der Waals surface area (Å²) in [4.78, 5) is 26.2. The summed E-state index contributed by atoms with van der Waals surface area (Å²) in [5, 5.41) is 2.91. The van der Waals surface area contributed by atoms with E-state index in [0.717, 1.165) is 30.6 Å². The summed E-state index contributed by atoms with van der Waals surface area (Å²) in [5.41, 5.74) is 2.91. The van der Waals surface area contributed by atoms with Crippen molar-refractivity contribution in [2.24, 2.45) is 0 Å². The summed E-state index contributed by atoms with van der Waals surface area (Å²) in [7, 11) is -1.94. The normalized spacial score (nSPS) is 14.2. The van der Waals surface area contributed by atoms with E-state index in [9.17, 15) is 17.6 Å². The molecule has 4 aromatic rings. The van der Waals surface area contributed by atoms with Crippen molar-refractivity contribution >= 4 is 27.2 Å². The number of nitrogens with zero attached hydrogens (tertiary/aromatic N) is 4. The molecule has 2 aromatic heterocycles. The van der Waals surface area contributed by atoms with Crippen LogP contribution in [0.1, 0.15) is 24.1 Å². The number of carbonyl (C=O) groups is 1. The Morgan fingerprint density at radius 1 is 1.02 bits per heavy atom. The van der Waals surface area contributed by atoms with E-state index in [0.29, 0.717) is 42.4 Å². The highest BCUT2D eigenvalue weighted by Crippen LogP contribution is 2.33. The molecule has 0 bridgehead atoms. The Morgan fingerprint density at radius 3 is 2.45 bits per heavy atom. The molecule has 0 aliphatic carbocycles. The average molecular weight is 620 g/mol. The summed E-state index contributed by atoms with van der Waals surface area (Å²) >= 11 is 0. The topological polar surface area (TPSA) is 114 Å². The molecule has 0 unspecified atom stereocenters. The van der Waals surface area contributed by atoms with Gasteiger partial charge in [0.05, 0.1) is 23.9 Å². The Hall–Kier alpha value is -4.55. The molecule has 1 aliphatic heterocycles. The maximum Gasteiger partial charge on any atom is 0.326 e. The Kier molecular flexibility index (Phi) is 9.40. The second-order valence-corrected chi connectivity index (χ2v) is 12.7. The fraction of sp³-hybridized carbons (Fsp3) is 0.281. The number of ether oxygens (including phenoxy) is 2. The molecule has 1 N–H and O–H groups in total. The number of anilines is 2. The van der Waals surface area contributed by atoms with Gasteiger partial charge in [0.15, 0.2) is 21.3 Å². The minimum absolute atomic E-state index is 0.121. The molecule has 0 radical (unpaired) electrons. The Morgan fingerprint density at radius 2 is 1.82 bits per heavy atom. The molecule has 2 amide bonds. The van der Waals surface area contributed by atoms with Crippen molar-refractivity contribution < 1.29 is 27.1 Å². The quantitative estimate of drug-likeness (QED) is 0.249. The summed E-state index contributed by atoms with van der Waals surface area (Å²) < 4.78 is 49.0. The maximum atomic E-state index is 14.2. The van der Waals surface area contributed by atoms with Gasteiger partial charge in [-0.3, -0.25) is 14.8 Å². The van der Waals surface area contributed by atoms with Crippen LogP contribution >= 0.6 is 0 Å². The van der Waals surface area contributed by atoms with Crippen molar-refractivity contribution in [1.82, 2.24) is 14.9 Å². The largest absolute Gasteiger partial charge is 0.493 e. The van der Waals surface area contributed by atoms with Crippen LogP contribution in [-0.4, -0.2) is 61.8 Å². The van der Waals surface area contributed by atoms with Crippen molar-refractivity contribution in [2.45, 2.75) is 37.2 Å². The van der Waals surface area contributed by atoms with Gasteiger partial charge >= 0.3 is 6.03 Å². The standard InChI is InChI=1S/C32H34FN5O5S/c1-22-7-9-25(20-34-22)36-32(39)38(27-6-4-5-24(33)17-27)26-13-15-37(16-14-26)21-23-8-12-31(35-19-23)43-29-11-10-28(44(3,40)41)18-30(29)42-2/h4-12,17-20,26H,13-16,21H2,1-3H3,(H,36,39). The maximum absolute atomic E-state index is 14.2. The zero-order valence-electron chi connectivity index (χ0n) is 24.7. The minimum atomic E-state index is -3.38. The van der Waals surface area contributed by atoms with Crippen LogP contribution in [0.25, 0.3) is 0 Å². The highest BCUT2D eigenvalue weighted by molar-refractivity contribution is 7.90. The fourth-order valence-electron chi connectivity index (χ4n) is 5.08. The number of pyridine rings is 2. The molecule has 1 fully saturated rings. The van der Waals surface area contributed by atoms with Crippen molar-refractivity contribution in [2.75, 3.05) is 36.7 Å². The first-order valence-electron chi connectivity index (χ1n) is 14.1. The van der Waals surface area contributed by atoms with Crippen LogP contribution in [0.15, 0.2) is 84.0 Å². The Labute approximate surface area is 256 Å². The number of methoxy groups -OCH3 is 1. The van der Waals surface area contributed by atoms with E-state index in [-0.39, 0.29) is 22.7 Å². The molecule has 0 saturated carbocycles. The van der Waals surface area contributed by atoms with E-state index in [2.05, 4.69) is 20.2 Å². The van der Waals surface area contributed by atoms with Gasteiger partial charge in [-0.1, -0.05) is 12.1 Å². The number of hydrogen-bond donors (Lipinski definition) is 1. The molecule has 230 valence electrons. The molecular formula is C32H34FN5O5S. The van der Waals surface area contributed by atoms with Crippen LogP contribution in [-0.2, 0) is 16.4 Å². The average Bonchev–Trinajstić information content (AvgIpc) is 3.00. The van der Waals surface area contributed by atoms with Crippen LogP contribution in [0.2, 0.25) is 0 Å². The molecule has 3 heterocycles. The minimum Gasteiger partial charge on any atom is -0.493 e. The number of halogens is 1. The van der Waals surface area contributed by atoms with Gasteiger partial charge in [-0.05, 0) is 67.8 Å². The molecule has 10 nitrogen and oxygen atoms in total. The zero-order valence-corrected chi connectivity index (χ0v) is 25.6. The van der Waals surface area contributed by atoms with Crippen LogP contribution in [0, 0.1) is 12.7 Å². The number of amides is 2. The lowest BCUT2D eigenvalue weighted by Crippen LogP contribution is -2.49. The number of urea groups is 1. The number of benzene rings is 2. The number of likely N-dealkylation sites (tertiary alicyclic amines) is 1. The summed E-state index contributed by atoms with van der Waals surface area (Å²) in [6, 6.07) is 17.4. The number of carbonyl (C=O) groups excluding carboxylic acids is 1. The molecule has 12 heteroatoms. The second-order valence-electron chi connectivity index (χ2n) is 10.7. The second kappa shape index (κ2) is 13.4. The van der Waals surface area contributed by atoms with Gasteiger partial charge in [0.2, 0.25) is 5.88 Å². The predicted molar refractivity (Wildman–Crippen MR) is 166 cm³/mol. The summed E-state index contributed by atoms with van der Waals surface area (Å²) in [6.07, 6.45) is 5.88. The van der Waals surface area contributed by atoms with Crippen molar-refractivity contribution in [3.05, 3.63) is 96.2 Å². The Balaban J connectivity index is 1.21. The van der Waals surface area contributed by atoms with Crippen LogP contribution in [0.3, 0.4) is 0 Å². The van der Waals surface area contributed by atoms with E-state index in [1.54, 1.807) is 47.6 Å². The van der Waals surface area contributed by atoms with E-state index in [4.69, 9.17) is 9.47 Å². The number of nitrogens with one attached hydrogen (secondary N) is 1. The molecule has 2 aromatic carbocycles.